The third-order valence-corrected chi connectivity index (χ3v) is 2.87. The molecule has 0 aromatic heterocycles. The normalized spacial score (nSPS) is 15.0. The number of nitrogens with two attached hydrogens (primary N) is 1. The monoisotopic (exact) mass is 256 g/mol. The molecule has 106 valence electrons. The van der Waals surface area contributed by atoms with Crippen LogP contribution in [0.2, 0.25) is 0 Å². The second kappa shape index (κ2) is 7.52. The molecule has 0 aromatic rings. The first kappa shape index (κ1) is 17.1. The third kappa shape index (κ3) is 8.23. The quantitative estimate of drug-likeness (QED) is 0.683. The van der Waals surface area contributed by atoms with Gasteiger partial charge < -0.3 is 11.1 Å². The van der Waals surface area contributed by atoms with Crippen molar-refractivity contribution in [3.8, 4) is 0 Å². The molecular weight excluding hydrogens is 228 g/mol. The molecule has 0 aliphatic rings. The van der Waals surface area contributed by atoms with E-state index in [4.69, 9.17) is 5.73 Å². The average Bonchev–Trinajstić information content (AvgIpc) is 2.22. The van der Waals surface area contributed by atoms with Crippen molar-refractivity contribution in [3.05, 3.63) is 0 Å². The molecule has 1 amide bonds. The highest BCUT2D eigenvalue weighted by Gasteiger charge is 2.18. The molecule has 0 heterocycles. The number of ketones is 1. The minimum Gasteiger partial charge on any atom is -0.356 e. The van der Waals surface area contributed by atoms with E-state index >= 15 is 0 Å². The summed E-state index contributed by atoms with van der Waals surface area (Å²) in [5.41, 5.74) is 5.77. The highest BCUT2D eigenvalue weighted by atomic mass is 16.2. The molecule has 0 aliphatic carbocycles. The zero-order valence-corrected chi connectivity index (χ0v) is 12.4. The van der Waals surface area contributed by atoms with Gasteiger partial charge in [0.1, 0.15) is 5.78 Å². The molecule has 0 saturated heterocycles. The first-order chi connectivity index (χ1) is 8.13. The van der Waals surface area contributed by atoms with Gasteiger partial charge in [0.15, 0.2) is 0 Å². The Morgan fingerprint density at radius 3 is 2.22 bits per heavy atom. The summed E-state index contributed by atoms with van der Waals surface area (Å²) in [6.45, 7) is 10.6. The van der Waals surface area contributed by atoms with Gasteiger partial charge in [-0.05, 0) is 25.2 Å². The minimum atomic E-state index is -0.485. The summed E-state index contributed by atoms with van der Waals surface area (Å²) in [6.07, 6.45) is 2.26. The Labute approximate surface area is 111 Å². The maximum Gasteiger partial charge on any atom is 0.223 e. The summed E-state index contributed by atoms with van der Waals surface area (Å²) in [4.78, 5) is 23.1. The van der Waals surface area contributed by atoms with Crippen LogP contribution in [0, 0.1) is 11.3 Å². The highest BCUT2D eigenvalue weighted by molar-refractivity contribution is 5.89. The van der Waals surface area contributed by atoms with Crippen molar-refractivity contribution in [1.29, 1.82) is 0 Å². The van der Waals surface area contributed by atoms with Crippen molar-refractivity contribution < 1.29 is 9.59 Å². The summed E-state index contributed by atoms with van der Waals surface area (Å²) in [5.74, 6) is -0.414. The number of hydrogen-bond acceptors (Lipinski definition) is 3. The van der Waals surface area contributed by atoms with Crippen molar-refractivity contribution >= 4 is 11.7 Å². The third-order valence-electron chi connectivity index (χ3n) is 2.87. The van der Waals surface area contributed by atoms with E-state index in [9.17, 15) is 9.59 Å². The lowest BCUT2D eigenvalue weighted by Crippen LogP contribution is -2.35. The van der Waals surface area contributed by atoms with Gasteiger partial charge in [-0.3, -0.25) is 9.59 Å². The topological polar surface area (TPSA) is 72.2 Å². The lowest BCUT2D eigenvalue weighted by atomic mass is 9.90. The van der Waals surface area contributed by atoms with Gasteiger partial charge >= 0.3 is 0 Å². The fourth-order valence-electron chi connectivity index (χ4n) is 1.58. The van der Waals surface area contributed by atoms with Gasteiger partial charge in [0.05, 0.1) is 6.04 Å². The molecule has 0 radical (unpaired) electrons. The van der Waals surface area contributed by atoms with E-state index in [1.165, 1.54) is 0 Å². The summed E-state index contributed by atoms with van der Waals surface area (Å²) < 4.78 is 0. The van der Waals surface area contributed by atoms with Crippen LogP contribution in [-0.4, -0.2) is 24.3 Å². The van der Waals surface area contributed by atoms with Crippen LogP contribution in [-0.2, 0) is 9.59 Å². The summed E-state index contributed by atoms with van der Waals surface area (Å²) in [5, 5.41) is 2.87. The molecular formula is C14H28N2O2. The van der Waals surface area contributed by atoms with Crippen LogP contribution >= 0.6 is 0 Å². The van der Waals surface area contributed by atoms with Crippen LogP contribution in [0.25, 0.3) is 0 Å². The number of carbonyl (C=O) groups excluding carboxylic acids is 2. The van der Waals surface area contributed by atoms with Gasteiger partial charge in [-0.1, -0.05) is 27.7 Å². The molecule has 0 aromatic carbocycles. The smallest absolute Gasteiger partial charge is 0.223 e. The summed E-state index contributed by atoms with van der Waals surface area (Å²) in [7, 11) is 0. The summed E-state index contributed by atoms with van der Waals surface area (Å²) >= 11 is 0. The number of nitrogens with one attached hydrogen (secondary N) is 1. The van der Waals surface area contributed by atoms with Crippen LogP contribution in [0.3, 0.4) is 0 Å². The van der Waals surface area contributed by atoms with Gasteiger partial charge in [-0.15, -0.1) is 0 Å². The molecule has 18 heavy (non-hydrogen) atoms. The molecule has 0 bridgehead atoms. The SMILES string of the molecule is CC(N)C(=O)CC(C)C(=O)NCCCC(C)(C)C. The second-order valence-electron chi connectivity index (χ2n) is 6.32. The van der Waals surface area contributed by atoms with Crippen molar-refractivity contribution in [2.24, 2.45) is 17.1 Å². The van der Waals surface area contributed by atoms with Gasteiger partial charge in [0, 0.05) is 18.9 Å². The van der Waals surface area contributed by atoms with Crippen LogP contribution in [0.1, 0.15) is 53.9 Å². The maximum absolute atomic E-state index is 11.7. The first-order valence-electron chi connectivity index (χ1n) is 6.69. The zero-order chi connectivity index (χ0) is 14.3. The molecule has 3 N–H and O–H groups in total. The molecule has 4 nitrogen and oxygen atoms in total. The van der Waals surface area contributed by atoms with E-state index in [1.807, 2.05) is 0 Å². The summed E-state index contributed by atoms with van der Waals surface area (Å²) in [6, 6.07) is -0.485. The molecule has 2 atom stereocenters. The van der Waals surface area contributed by atoms with E-state index in [1.54, 1.807) is 13.8 Å². The lowest BCUT2D eigenvalue weighted by molar-refractivity contribution is -0.129. The van der Waals surface area contributed by atoms with Gasteiger partial charge in [0.25, 0.3) is 0 Å². The van der Waals surface area contributed by atoms with E-state index in [0.29, 0.717) is 12.0 Å². The van der Waals surface area contributed by atoms with E-state index in [-0.39, 0.29) is 24.0 Å². The Bertz CT molecular complexity index is 280. The number of hydrogen-bond donors (Lipinski definition) is 2. The molecule has 0 spiro atoms. The number of rotatable bonds is 7. The van der Waals surface area contributed by atoms with Crippen molar-refractivity contribution in [3.63, 3.8) is 0 Å². The van der Waals surface area contributed by atoms with Gasteiger partial charge in [0.2, 0.25) is 5.91 Å². The molecule has 0 aliphatic heterocycles. The van der Waals surface area contributed by atoms with E-state index in [2.05, 4.69) is 26.1 Å². The van der Waals surface area contributed by atoms with Crippen molar-refractivity contribution in [2.45, 2.75) is 59.9 Å². The lowest BCUT2D eigenvalue weighted by Gasteiger charge is -2.18. The Morgan fingerprint density at radius 2 is 1.78 bits per heavy atom. The van der Waals surface area contributed by atoms with Gasteiger partial charge in [-0.25, -0.2) is 0 Å². The minimum absolute atomic E-state index is 0.0575. The fourth-order valence-corrected chi connectivity index (χ4v) is 1.58. The predicted octanol–water partition coefficient (Wildman–Crippen LogP) is 1.87. The Balaban J connectivity index is 3.85. The fraction of sp³-hybridized carbons (Fsp3) is 0.857. The van der Waals surface area contributed by atoms with E-state index < -0.39 is 6.04 Å². The Hall–Kier alpha value is -0.900. The first-order valence-corrected chi connectivity index (χ1v) is 6.69. The molecule has 0 saturated carbocycles. The number of Topliss-reactive ketones (excluding diaryl/α,β-unsaturated/α-hetero) is 1. The molecule has 0 fully saturated rings. The van der Waals surface area contributed by atoms with Crippen LogP contribution in [0.4, 0.5) is 0 Å². The second-order valence-corrected chi connectivity index (χ2v) is 6.32. The highest BCUT2D eigenvalue weighted by Crippen LogP contribution is 2.19. The molecule has 0 rings (SSSR count). The number of carbonyl (C=O) groups is 2. The van der Waals surface area contributed by atoms with Crippen molar-refractivity contribution in [1.82, 2.24) is 5.32 Å². The average molecular weight is 256 g/mol. The van der Waals surface area contributed by atoms with Crippen LogP contribution in [0.15, 0.2) is 0 Å². The van der Waals surface area contributed by atoms with Crippen LogP contribution in [0.5, 0.6) is 0 Å². The molecule has 4 heteroatoms. The van der Waals surface area contributed by atoms with Crippen LogP contribution < -0.4 is 11.1 Å². The maximum atomic E-state index is 11.7. The molecule has 2 unspecified atom stereocenters. The number of amides is 1. The zero-order valence-electron chi connectivity index (χ0n) is 12.4. The standard InChI is InChI=1S/C14H28N2O2/c1-10(9-12(17)11(2)15)13(18)16-8-6-7-14(3,4)5/h10-11H,6-9,15H2,1-5H3,(H,16,18). The van der Waals surface area contributed by atoms with Crippen molar-refractivity contribution in [2.75, 3.05) is 6.54 Å². The Kier molecular flexibility index (Phi) is 7.14. The predicted molar refractivity (Wildman–Crippen MR) is 74.1 cm³/mol. The van der Waals surface area contributed by atoms with Gasteiger partial charge in [-0.2, -0.15) is 0 Å². The van der Waals surface area contributed by atoms with E-state index in [0.717, 1.165) is 12.8 Å². The Morgan fingerprint density at radius 1 is 1.22 bits per heavy atom. The largest absolute Gasteiger partial charge is 0.356 e.